The molecular formula is C21H17F5N2O2S2. The van der Waals surface area contributed by atoms with Gasteiger partial charge < -0.3 is 4.90 Å². The second-order valence-corrected chi connectivity index (χ2v) is 10.5. The predicted octanol–water partition coefficient (Wildman–Crippen LogP) is 5.26. The van der Waals surface area contributed by atoms with Crippen molar-refractivity contribution in [2.45, 2.75) is 29.9 Å². The molecule has 1 fully saturated rings. The van der Waals surface area contributed by atoms with Crippen LogP contribution in [0.15, 0.2) is 34.5 Å². The highest BCUT2D eigenvalue weighted by Gasteiger charge is 2.39. The van der Waals surface area contributed by atoms with Crippen molar-refractivity contribution in [1.82, 2.24) is 4.98 Å². The lowest BCUT2D eigenvalue weighted by atomic mass is 10.1. The maximum atomic E-state index is 14.1. The van der Waals surface area contributed by atoms with E-state index in [-0.39, 0.29) is 25.9 Å². The van der Waals surface area contributed by atoms with Crippen molar-refractivity contribution in [2.75, 3.05) is 18.0 Å². The molecule has 0 bridgehead atoms. The normalized spacial score (nSPS) is 15.4. The number of thiazole rings is 1. The molecule has 1 aromatic heterocycles. The molecule has 3 aromatic rings. The molecule has 11 heteroatoms. The summed E-state index contributed by atoms with van der Waals surface area (Å²) in [5.41, 5.74) is 2.81. The Balaban J connectivity index is 1.53. The number of rotatable bonds is 4. The lowest BCUT2D eigenvalue weighted by molar-refractivity contribution is 0.356. The Labute approximate surface area is 185 Å². The number of aryl methyl sites for hydroxylation is 1. The molecule has 0 aliphatic carbocycles. The summed E-state index contributed by atoms with van der Waals surface area (Å²) in [5.74, 6) is -11.6. The van der Waals surface area contributed by atoms with E-state index in [1.165, 1.54) is 11.3 Å². The zero-order valence-corrected chi connectivity index (χ0v) is 18.3. The maximum absolute atomic E-state index is 14.1. The molecule has 0 radical (unpaired) electrons. The van der Waals surface area contributed by atoms with E-state index in [1.54, 1.807) is 0 Å². The average molecular weight is 489 g/mol. The molecule has 1 saturated heterocycles. The van der Waals surface area contributed by atoms with Gasteiger partial charge in [-0.3, -0.25) is 0 Å². The van der Waals surface area contributed by atoms with Gasteiger partial charge in [0.2, 0.25) is 5.82 Å². The van der Waals surface area contributed by atoms with Gasteiger partial charge in [0, 0.05) is 24.0 Å². The Bertz CT molecular complexity index is 1240. The van der Waals surface area contributed by atoms with Crippen molar-refractivity contribution in [3.05, 3.63) is 64.3 Å². The van der Waals surface area contributed by atoms with Gasteiger partial charge in [0.1, 0.15) is 4.90 Å². The first kappa shape index (κ1) is 22.7. The third kappa shape index (κ3) is 3.88. The van der Waals surface area contributed by atoms with Gasteiger partial charge in [-0.05, 0) is 19.8 Å². The van der Waals surface area contributed by atoms with E-state index < -0.39 is 49.1 Å². The number of hydrogen-bond donors (Lipinski definition) is 0. The van der Waals surface area contributed by atoms with Crippen molar-refractivity contribution >= 4 is 26.3 Å². The highest BCUT2D eigenvalue weighted by molar-refractivity contribution is 7.92. The molecule has 0 amide bonds. The van der Waals surface area contributed by atoms with E-state index in [2.05, 4.69) is 4.98 Å². The van der Waals surface area contributed by atoms with Crippen molar-refractivity contribution in [1.29, 1.82) is 0 Å². The molecule has 1 aliphatic rings. The van der Waals surface area contributed by atoms with E-state index in [4.69, 9.17) is 0 Å². The Hall–Kier alpha value is -2.53. The minimum atomic E-state index is -4.77. The topological polar surface area (TPSA) is 50.3 Å². The minimum Gasteiger partial charge on any atom is -0.348 e. The molecule has 0 unspecified atom stereocenters. The molecule has 4 rings (SSSR count). The van der Waals surface area contributed by atoms with E-state index in [1.807, 2.05) is 41.5 Å². The second kappa shape index (κ2) is 8.43. The van der Waals surface area contributed by atoms with Crippen molar-refractivity contribution in [3.63, 3.8) is 0 Å². The fraction of sp³-hybridized carbons (Fsp3) is 0.286. The first-order valence-corrected chi connectivity index (χ1v) is 12.1. The summed E-state index contributed by atoms with van der Waals surface area (Å²) < 4.78 is 93.9. The van der Waals surface area contributed by atoms with Crippen LogP contribution in [0, 0.1) is 36.0 Å². The molecule has 2 aromatic carbocycles. The van der Waals surface area contributed by atoms with Gasteiger partial charge in [-0.25, -0.2) is 35.4 Å². The lowest BCUT2D eigenvalue weighted by Crippen LogP contribution is -2.40. The Morgan fingerprint density at radius 2 is 1.44 bits per heavy atom. The SMILES string of the molecule is Cc1ccc(-c2csc(N3CCC(S(=O)(=O)c4c(F)c(F)c(F)c(F)c4F)CC3)n2)cc1. The summed E-state index contributed by atoms with van der Waals surface area (Å²) in [6.45, 7) is 2.39. The number of benzene rings is 2. The Kier molecular flexibility index (Phi) is 5.97. The van der Waals surface area contributed by atoms with Crippen LogP contribution in [0.25, 0.3) is 11.3 Å². The highest BCUT2D eigenvalue weighted by Crippen LogP contribution is 2.34. The van der Waals surface area contributed by atoms with E-state index in [0.717, 1.165) is 16.8 Å². The molecule has 0 atom stereocenters. The third-order valence-corrected chi connectivity index (χ3v) is 8.62. The van der Waals surface area contributed by atoms with E-state index in [0.29, 0.717) is 5.13 Å². The van der Waals surface area contributed by atoms with Gasteiger partial charge in [-0.15, -0.1) is 11.3 Å². The van der Waals surface area contributed by atoms with E-state index in [9.17, 15) is 30.4 Å². The van der Waals surface area contributed by atoms with Crippen LogP contribution in [0.4, 0.5) is 27.1 Å². The van der Waals surface area contributed by atoms with Crippen LogP contribution in [0.5, 0.6) is 0 Å². The predicted molar refractivity (Wildman–Crippen MR) is 111 cm³/mol. The summed E-state index contributed by atoms with van der Waals surface area (Å²) >= 11 is 1.38. The Morgan fingerprint density at radius 1 is 0.906 bits per heavy atom. The summed E-state index contributed by atoms with van der Waals surface area (Å²) in [6, 6.07) is 7.81. The fourth-order valence-corrected chi connectivity index (χ4v) is 6.36. The monoisotopic (exact) mass is 488 g/mol. The lowest BCUT2D eigenvalue weighted by Gasteiger charge is -2.31. The molecule has 0 saturated carbocycles. The van der Waals surface area contributed by atoms with Crippen LogP contribution in [0.3, 0.4) is 0 Å². The second-order valence-electron chi connectivity index (χ2n) is 7.51. The molecule has 2 heterocycles. The third-order valence-electron chi connectivity index (χ3n) is 5.44. The number of piperidine rings is 1. The summed E-state index contributed by atoms with van der Waals surface area (Å²) in [7, 11) is -4.77. The van der Waals surface area contributed by atoms with Crippen LogP contribution in [-0.2, 0) is 9.84 Å². The van der Waals surface area contributed by atoms with E-state index >= 15 is 0 Å². The van der Waals surface area contributed by atoms with Crippen LogP contribution >= 0.6 is 11.3 Å². The molecule has 0 N–H and O–H groups in total. The van der Waals surface area contributed by atoms with Gasteiger partial charge in [0.05, 0.1) is 10.9 Å². The van der Waals surface area contributed by atoms with Gasteiger partial charge in [-0.2, -0.15) is 0 Å². The number of aromatic nitrogens is 1. The summed E-state index contributed by atoms with van der Waals surface area (Å²) in [4.78, 5) is 4.65. The van der Waals surface area contributed by atoms with Gasteiger partial charge in [0.25, 0.3) is 0 Å². The smallest absolute Gasteiger partial charge is 0.200 e. The highest BCUT2D eigenvalue weighted by atomic mass is 32.2. The zero-order valence-electron chi connectivity index (χ0n) is 16.7. The largest absolute Gasteiger partial charge is 0.348 e. The van der Waals surface area contributed by atoms with Gasteiger partial charge in [-0.1, -0.05) is 29.8 Å². The summed E-state index contributed by atoms with van der Waals surface area (Å²) in [5, 5.41) is 1.26. The van der Waals surface area contributed by atoms with Crippen LogP contribution in [0.1, 0.15) is 18.4 Å². The maximum Gasteiger partial charge on any atom is 0.200 e. The van der Waals surface area contributed by atoms with Crippen molar-refractivity contribution in [3.8, 4) is 11.3 Å². The van der Waals surface area contributed by atoms with Gasteiger partial charge in [0.15, 0.2) is 38.2 Å². The standard InChI is InChI=1S/C21H17F5N2O2S2/c1-11-2-4-12(5-3-11)14-10-31-21(27-14)28-8-6-13(7-9-28)32(29,30)20-18(25)16(23)15(22)17(24)19(20)26/h2-5,10,13H,6-9H2,1H3. The Morgan fingerprint density at radius 3 is 2.00 bits per heavy atom. The van der Waals surface area contributed by atoms with Gasteiger partial charge >= 0.3 is 0 Å². The first-order chi connectivity index (χ1) is 15.1. The summed E-state index contributed by atoms with van der Waals surface area (Å²) in [6.07, 6.45) is -0.0808. The van der Waals surface area contributed by atoms with Crippen molar-refractivity contribution in [2.24, 2.45) is 0 Å². The fourth-order valence-electron chi connectivity index (χ4n) is 3.63. The van der Waals surface area contributed by atoms with Crippen molar-refractivity contribution < 1.29 is 30.4 Å². The molecule has 0 spiro atoms. The molecule has 32 heavy (non-hydrogen) atoms. The number of nitrogens with zero attached hydrogens (tertiary/aromatic N) is 2. The molecule has 4 nitrogen and oxygen atoms in total. The van der Waals surface area contributed by atoms with Crippen LogP contribution in [0.2, 0.25) is 0 Å². The van der Waals surface area contributed by atoms with Crippen LogP contribution in [-0.4, -0.2) is 31.7 Å². The molecule has 170 valence electrons. The van der Waals surface area contributed by atoms with Crippen LogP contribution < -0.4 is 4.90 Å². The molecule has 1 aliphatic heterocycles. The first-order valence-electron chi connectivity index (χ1n) is 9.64. The average Bonchev–Trinajstić information content (AvgIpc) is 3.27. The minimum absolute atomic E-state index is 0.0404. The molecular weight excluding hydrogens is 471 g/mol. The number of halogens is 5. The number of anilines is 1. The zero-order chi connectivity index (χ0) is 23.2. The quantitative estimate of drug-likeness (QED) is 0.218. The number of sulfone groups is 1. The number of hydrogen-bond acceptors (Lipinski definition) is 5.